The zero-order valence-electron chi connectivity index (χ0n) is 12.5. The van der Waals surface area contributed by atoms with E-state index >= 15 is 0 Å². The van der Waals surface area contributed by atoms with Crippen LogP contribution in [0, 0.1) is 6.92 Å². The molecule has 1 amide bonds. The molecule has 3 heterocycles. The number of aryl methyl sites for hydroxylation is 1. The third-order valence-corrected chi connectivity index (χ3v) is 3.66. The Bertz CT molecular complexity index is 628. The molecule has 7 heteroatoms. The first-order valence-corrected chi connectivity index (χ1v) is 7.30. The highest BCUT2D eigenvalue weighted by molar-refractivity contribution is 5.91. The zero-order chi connectivity index (χ0) is 15.4. The van der Waals surface area contributed by atoms with E-state index in [0.717, 1.165) is 30.9 Å². The van der Waals surface area contributed by atoms with Crippen LogP contribution in [0.25, 0.3) is 0 Å². The molecule has 1 saturated heterocycles. The van der Waals surface area contributed by atoms with Crippen molar-refractivity contribution < 1.29 is 9.32 Å². The number of amides is 1. The molecule has 1 unspecified atom stereocenters. The Labute approximate surface area is 128 Å². The Balaban J connectivity index is 1.65. The molecule has 0 saturated carbocycles. The highest BCUT2D eigenvalue weighted by Gasteiger charge is 2.25. The summed E-state index contributed by atoms with van der Waals surface area (Å²) in [5, 5.41) is 9.85. The normalized spacial score (nSPS) is 19.0. The van der Waals surface area contributed by atoms with Crippen LogP contribution in [0.3, 0.4) is 0 Å². The van der Waals surface area contributed by atoms with Gasteiger partial charge in [-0.15, -0.1) is 0 Å². The van der Waals surface area contributed by atoms with Crippen molar-refractivity contribution in [3.8, 4) is 0 Å². The number of pyridine rings is 1. The Hall–Kier alpha value is -2.25. The Kier molecular flexibility index (Phi) is 4.45. The van der Waals surface area contributed by atoms with Crippen LogP contribution in [-0.2, 0) is 4.79 Å². The summed E-state index contributed by atoms with van der Waals surface area (Å²) in [7, 11) is 0. The smallest absolute Gasteiger partial charge is 0.240 e. The van der Waals surface area contributed by atoms with Gasteiger partial charge in [0.25, 0.3) is 0 Å². The summed E-state index contributed by atoms with van der Waals surface area (Å²) >= 11 is 0. The lowest BCUT2D eigenvalue weighted by Crippen LogP contribution is -2.48. The highest BCUT2D eigenvalue weighted by Crippen LogP contribution is 2.21. The van der Waals surface area contributed by atoms with Crippen LogP contribution in [0.5, 0.6) is 0 Å². The van der Waals surface area contributed by atoms with Crippen molar-refractivity contribution in [2.24, 2.45) is 0 Å². The van der Waals surface area contributed by atoms with E-state index in [1.54, 1.807) is 12.3 Å². The Morgan fingerprint density at radius 2 is 2.50 bits per heavy atom. The van der Waals surface area contributed by atoms with E-state index < -0.39 is 0 Å². The van der Waals surface area contributed by atoms with Crippen LogP contribution < -0.4 is 10.6 Å². The van der Waals surface area contributed by atoms with Crippen LogP contribution >= 0.6 is 0 Å². The van der Waals surface area contributed by atoms with Crippen molar-refractivity contribution in [3.05, 3.63) is 41.9 Å². The second-order valence-electron chi connectivity index (χ2n) is 5.36. The molecule has 1 atom stereocenters. The minimum atomic E-state index is -0.105. The first-order chi connectivity index (χ1) is 10.7. The summed E-state index contributed by atoms with van der Waals surface area (Å²) in [6, 6.07) is 5.80. The lowest BCUT2D eigenvalue weighted by atomic mass is 10.1. The van der Waals surface area contributed by atoms with Crippen molar-refractivity contribution in [2.75, 3.05) is 31.5 Å². The molecule has 2 aromatic rings. The zero-order valence-corrected chi connectivity index (χ0v) is 12.5. The van der Waals surface area contributed by atoms with Crippen molar-refractivity contribution in [2.45, 2.75) is 13.0 Å². The van der Waals surface area contributed by atoms with Gasteiger partial charge in [-0.05, 0) is 18.6 Å². The van der Waals surface area contributed by atoms with Crippen LogP contribution in [0.15, 0.2) is 35.1 Å². The van der Waals surface area contributed by atoms with Crippen molar-refractivity contribution in [1.29, 1.82) is 0 Å². The maximum Gasteiger partial charge on any atom is 0.240 e. The number of aromatic nitrogens is 2. The molecule has 1 aliphatic heterocycles. The summed E-state index contributed by atoms with van der Waals surface area (Å²) in [5.74, 6) is 0.280. The molecule has 1 aliphatic rings. The highest BCUT2D eigenvalue weighted by atomic mass is 16.5. The van der Waals surface area contributed by atoms with Gasteiger partial charge in [0.1, 0.15) is 0 Å². The van der Waals surface area contributed by atoms with Gasteiger partial charge in [-0.2, -0.15) is 0 Å². The molecule has 0 bridgehead atoms. The molecule has 2 aromatic heterocycles. The molecule has 22 heavy (non-hydrogen) atoms. The minimum Gasteiger partial charge on any atom is -0.338 e. The SMILES string of the molecule is Cc1cc(NC(=O)CN2CCNCC2c2cccnc2)on1. The summed E-state index contributed by atoms with van der Waals surface area (Å²) < 4.78 is 5.01. The van der Waals surface area contributed by atoms with E-state index in [4.69, 9.17) is 4.52 Å². The fraction of sp³-hybridized carbons (Fsp3) is 0.400. The molecule has 3 rings (SSSR count). The van der Waals surface area contributed by atoms with Crippen molar-refractivity contribution in [3.63, 3.8) is 0 Å². The van der Waals surface area contributed by atoms with Gasteiger partial charge in [0.15, 0.2) is 0 Å². The van der Waals surface area contributed by atoms with Gasteiger partial charge < -0.3 is 9.84 Å². The van der Waals surface area contributed by atoms with E-state index in [1.807, 2.05) is 25.3 Å². The first kappa shape index (κ1) is 14.7. The second-order valence-corrected chi connectivity index (χ2v) is 5.36. The van der Waals surface area contributed by atoms with Crippen LogP contribution in [0.4, 0.5) is 5.88 Å². The maximum atomic E-state index is 12.2. The number of rotatable bonds is 4. The van der Waals surface area contributed by atoms with Crippen LogP contribution in [-0.4, -0.2) is 47.1 Å². The van der Waals surface area contributed by atoms with Crippen LogP contribution in [0.2, 0.25) is 0 Å². The van der Waals surface area contributed by atoms with Gasteiger partial charge in [0, 0.05) is 44.1 Å². The predicted molar refractivity (Wildman–Crippen MR) is 81.3 cm³/mol. The number of carbonyl (C=O) groups excluding carboxylic acids is 1. The lowest BCUT2D eigenvalue weighted by Gasteiger charge is -2.35. The summed E-state index contributed by atoms with van der Waals surface area (Å²) in [5.41, 5.74) is 1.85. The topological polar surface area (TPSA) is 83.3 Å². The fourth-order valence-corrected chi connectivity index (χ4v) is 2.62. The summed E-state index contributed by atoms with van der Waals surface area (Å²) in [4.78, 5) is 18.5. The first-order valence-electron chi connectivity index (χ1n) is 7.30. The number of piperazine rings is 1. The largest absolute Gasteiger partial charge is 0.338 e. The van der Waals surface area contributed by atoms with Gasteiger partial charge in [0.05, 0.1) is 12.2 Å². The minimum absolute atomic E-state index is 0.105. The third-order valence-electron chi connectivity index (χ3n) is 3.66. The van der Waals surface area contributed by atoms with Crippen LogP contribution in [0.1, 0.15) is 17.3 Å². The molecular formula is C15H19N5O2. The van der Waals surface area contributed by atoms with Gasteiger partial charge in [-0.3, -0.25) is 20.0 Å². The van der Waals surface area contributed by atoms with Gasteiger partial charge in [-0.25, -0.2) is 0 Å². The molecule has 1 fully saturated rings. The maximum absolute atomic E-state index is 12.2. The Morgan fingerprint density at radius 1 is 1.59 bits per heavy atom. The number of carbonyl (C=O) groups is 1. The van der Waals surface area contributed by atoms with E-state index in [1.165, 1.54) is 0 Å². The molecule has 0 spiro atoms. The third kappa shape index (κ3) is 3.49. The molecule has 2 N–H and O–H groups in total. The number of hydrogen-bond donors (Lipinski definition) is 2. The van der Waals surface area contributed by atoms with Crippen molar-refractivity contribution >= 4 is 11.8 Å². The molecule has 0 aliphatic carbocycles. The van der Waals surface area contributed by atoms with E-state index in [0.29, 0.717) is 12.4 Å². The number of nitrogens with one attached hydrogen (secondary N) is 2. The van der Waals surface area contributed by atoms with E-state index in [9.17, 15) is 4.79 Å². The lowest BCUT2D eigenvalue weighted by molar-refractivity contribution is -0.118. The van der Waals surface area contributed by atoms with Gasteiger partial charge >= 0.3 is 0 Å². The second kappa shape index (κ2) is 6.67. The van der Waals surface area contributed by atoms with Crippen molar-refractivity contribution in [1.82, 2.24) is 20.4 Å². The van der Waals surface area contributed by atoms with E-state index in [2.05, 4.69) is 25.7 Å². The fourth-order valence-electron chi connectivity index (χ4n) is 2.62. The summed E-state index contributed by atoms with van der Waals surface area (Å²) in [6.07, 6.45) is 3.60. The summed E-state index contributed by atoms with van der Waals surface area (Å²) in [6.45, 7) is 4.60. The molecule has 116 valence electrons. The standard InChI is InChI=1S/C15H19N5O2/c1-11-7-15(22-19-11)18-14(21)10-20-6-5-17-9-13(20)12-3-2-4-16-8-12/h2-4,7-8,13,17H,5-6,9-10H2,1H3,(H,18,21). The molecule has 0 aromatic carbocycles. The number of anilines is 1. The average molecular weight is 301 g/mol. The van der Waals surface area contributed by atoms with E-state index in [-0.39, 0.29) is 11.9 Å². The number of nitrogens with zero attached hydrogens (tertiary/aromatic N) is 3. The van der Waals surface area contributed by atoms with Gasteiger partial charge in [0.2, 0.25) is 11.8 Å². The molecule has 0 radical (unpaired) electrons. The average Bonchev–Trinajstić information content (AvgIpc) is 2.93. The Morgan fingerprint density at radius 3 is 3.23 bits per heavy atom. The van der Waals surface area contributed by atoms with Gasteiger partial charge in [-0.1, -0.05) is 11.2 Å². The number of hydrogen-bond acceptors (Lipinski definition) is 6. The quantitative estimate of drug-likeness (QED) is 0.875. The molecule has 7 nitrogen and oxygen atoms in total. The predicted octanol–water partition coefficient (Wildman–Crippen LogP) is 0.963. The monoisotopic (exact) mass is 301 g/mol. The molecular weight excluding hydrogens is 282 g/mol.